The first-order valence-electron chi connectivity index (χ1n) is 12.9. The molecule has 0 spiro atoms. The molecule has 0 aromatic heterocycles. The summed E-state index contributed by atoms with van der Waals surface area (Å²) in [5, 5.41) is 11.5. The van der Waals surface area contributed by atoms with Crippen LogP contribution < -0.4 is 14.2 Å². The highest BCUT2D eigenvalue weighted by Crippen LogP contribution is 2.42. The van der Waals surface area contributed by atoms with Gasteiger partial charge in [-0.15, -0.1) is 0 Å². The highest BCUT2D eigenvalue weighted by atomic mass is 16.5. The molecule has 2 aromatic carbocycles. The van der Waals surface area contributed by atoms with Gasteiger partial charge in [0, 0.05) is 31.7 Å². The molecular formula is C29H36N2O7. The van der Waals surface area contributed by atoms with Crippen molar-refractivity contribution >= 4 is 17.4 Å². The first-order valence-corrected chi connectivity index (χ1v) is 12.9. The summed E-state index contributed by atoms with van der Waals surface area (Å²) in [6.07, 6.45) is 0.679. The van der Waals surface area contributed by atoms with Gasteiger partial charge in [0.05, 0.1) is 45.7 Å². The maximum absolute atomic E-state index is 13.4. The number of aryl methyl sites for hydroxylation is 1. The van der Waals surface area contributed by atoms with Gasteiger partial charge in [0.15, 0.2) is 11.5 Å². The Bertz CT molecular complexity index is 1200. The summed E-state index contributed by atoms with van der Waals surface area (Å²) in [6, 6.07) is 9.79. The number of aliphatic hydroxyl groups is 1. The third-order valence-corrected chi connectivity index (χ3v) is 7.00. The minimum atomic E-state index is -0.773. The van der Waals surface area contributed by atoms with Crippen LogP contribution in [0.1, 0.15) is 36.1 Å². The Morgan fingerprint density at radius 1 is 1.03 bits per heavy atom. The molecule has 9 heteroatoms. The van der Waals surface area contributed by atoms with Crippen molar-refractivity contribution in [3.05, 3.63) is 58.7 Å². The van der Waals surface area contributed by atoms with Gasteiger partial charge < -0.3 is 29.0 Å². The number of ether oxygens (including phenoxy) is 4. The quantitative estimate of drug-likeness (QED) is 0.286. The van der Waals surface area contributed by atoms with Crippen molar-refractivity contribution in [2.75, 3.05) is 60.2 Å². The Morgan fingerprint density at radius 3 is 2.42 bits per heavy atom. The van der Waals surface area contributed by atoms with E-state index in [1.165, 1.54) is 7.11 Å². The standard InChI is InChI=1S/C29H36N2O7/c1-5-38-21-8-9-22(19(2)17-21)27(32)25-26(20-7-10-23(35-3)24(18-20)36-4)31(29(34)28(25)33)12-6-11-30-13-15-37-16-14-30/h7-10,17-18,26,32H,5-6,11-16H2,1-4H3/b27-25-. The molecule has 4 rings (SSSR count). The van der Waals surface area contributed by atoms with Crippen LogP contribution in [0.2, 0.25) is 0 Å². The van der Waals surface area contributed by atoms with Crippen molar-refractivity contribution in [1.82, 2.24) is 9.80 Å². The first-order chi connectivity index (χ1) is 18.4. The van der Waals surface area contributed by atoms with Crippen molar-refractivity contribution < 1.29 is 33.6 Å². The summed E-state index contributed by atoms with van der Waals surface area (Å²) in [7, 11) is 3.08. The number of likely N-dealkylation sites (tertiary alicyclic amines) is 1. The van der Waals surface area contributed by atoms with Crippen LogP contribution >= 0.6 is 0 Å². The minimum Gasteiger partial charge on any atom is -0.507 e. The number of benzene rings is 2. The zero-order valence-corrected chi connectivity index (χ0v) is 22.5. The van der Waals surface area contributed by atoms with Gasteiger partial charge in [0.2, 0.25) is 0 Å². The van der Waals surface area contributed by atoms with Crippen molar-refractivity contribution in [2.24, 2.45) is 0 Å². The molecule has 0 aliphatic carbocycles. The summed E-state index contributed by atoms with van der Waals surface area (Å²) >= 11 is 0. The molecule has 2 heterocycles. The Balaban J connectivity index is 1.74. The number of ketones is 1. The zero-order chi connectivity index (χ0) is 27.2. The lowest BCUT2D eigenvalue weighted by Gasteiger charge is -2.29. The number of Topliss-reactive ketones (excluding diaryl/α,β-unsaturated/α-hetero) is 1. The number of aliphatic hydroxyl groups excluding tert-OH is 1. The Labute approximate surface area is 223 Å². The molecule has 204 valence electrons. The van der Waals surface area contributed by atoms with E-state index in [2.05, 4.69) is 4.90 Å². The number of rotatable bonds is 10. The number of carbonyl (C=O) groups excluding carboxylic acids is 2. The lowest BCUT2D eigenvalue weighted by Crippen LogP contribution is -2.39. The van der Waals surface area contributed by atoms with Crippen molar-refractivity contribution in [2.45, 2.75) is 26.3 Å². The molecule has 0 bridgehead atoms. The normalized spacial score (nSPS) is 19.6. The summed E-state index contributed by atoms with van der Waals surface area (Å²) in [6.45, 7) is 8.45. The molecule has 2 saturated heterocycles. The predicted molar refractivity (Wildman–Crippen MR) is 143 cm³/mol. The summed E-state index contributed by atoms with van der Waals surface area (Å²) in [4.78, 5) is 30.6. The van der Waals surface area contributed by atoms with Gasteiger partial charge in [-0.3, -0.25) is 14.5 Å². The van der Waals surface area contributed by atoms with Gasteiger partial charge in [-0.25, -0.2) is 0 Å². The highest BCUT2D eigenvalue weighted by Gasteiger charge is 2.46. The summed E-state index contributed by atoms with van der Waals surface area (Å²) < 4.78 is 21.9. The van der Waals surface area contributed by atoms with Crippen LogP contribution in [0.3, 0.4) is 0 Å². The molecular weight excluding hydrogens is 488 g/mol. The second-order valence-electron chi connectivity index (χ2n) is 9.32. The molecule has 9 nitrogen and oxygen atoms in total. The second-order valence-corrected chi connectivity index (χ2v) is 9.32. The van der Waals surface area contributed by atoms with Gasteiger partial charge in [-0.05, 0) is 61.7 Å². The van der Waals surface area contributed by atoms with E-state index in [-0.39, 0.29) is 11.3 Å². The molecule has 2 aromatic rings. The molecule has 1 unspecified atom stereocenters. The van der Waals surface area contributed by atoms with Crippen LogP contribution in [-0.4, -0.2) is 86.8 Å². The van der Waals surface area contributed by atoms with Crippen LogP contribution in [0, 0.1) is 6.92 Å². The maximum Gasteiger partial charge on any atom is 0.295 e. The molecule has 0 radical (unpaired) electrons. The smallest absolute Gasteiger partial charge is 0.295 e. The SMILES string of the molecule is CCOc1ccc(/C(O)=C2/C(=O)C(=O)N(CCCN3CCOCC3)C2c2ccc(OC)c(OC)c2)c(C)c1. The van der Waals surface area contributed by atoms with E-state index in [1.807, 2.05) is 19.9 Å². The Hall–Kier alpha value is -3.56. The zero-order valence-electron chi connectivity index (χ0n) is 22.5. The van der Waals surface area contributed by atoms with Crippen LogP contribution in [0.15, 0.2) is 42.0 Å². The van der Waals surface area contributed by atoms with E-state index >= 15 is 0 Å². The Kier molecular flexibility index (Phi) is 8.91. The van der Waals surface area contributed by atoms with E-state index in [4.69, 9.17) is 18.9 Å². The van der Waals surface area contributed by atoms with Gasteiger partial charge in [-0.2, -0.15) is 0 Å². The largest absolute Gasteiger partial charge is 0.507 e. The van der Waals surface area contributed by atoms with E-state index in [9.17, 15) is 14.7 Å². The lowest BCUT2D eigenvalue weighted by molar-refractivity contribution is -0.140. The van der Waals surface area contributed by atoms with Crippen LogP contribution in [0.25, 0.3) is 5.76 Å². The predicted octanol–water partition coefficient (Wildman–Crippen LogP) is 3.55. The maximum atomic E-state index is 13.4. The first kappa shape index (κ1) is 27.5. The average Bonchev–Trinajstić information content (AvgIpc) is 3.18. The molecule has 0 saturated carbocycles. The van der Waals surface area contributed by atoms with Crippen molar-refractivity contribution in [1.29, 1.82) is 0 Å². The second kappa shape index (κ2) is 12.3. The number of nitrogens with zero attached hydrogens (tertiary/aromatic N) is 2. The van der Waals surface area contributed by atoms with Crippen LogP contribution in [0.5, 0.6) is 17.2 Å². The van der Waals surface area contributed by atoms with E-state index < -0.39 is 17.7 Å². The third kappa shape index (κ3) is 5.63. The number of hydrogen-bond acceptors (Lipinski definition) is 8. The molecule has 1 amide bonds. The van der Waals surface area contributed by atoms with Crippen LogP contribution in [0.4, 0.5) is 0 Å². The molecule has 2 fully saturated rings. The molecule has 1 atom stereocenters. The number of morpholine rings is 1. The molecule has 38 heavy (non-hydrogen) atoms. The van der Waals surface area contributed by atoms with Gasteiger partial charge in [-0.1, -0.05) is 6.07 Å². The topological polar surface area (TPSA) is 97.8 Å². The van der Waals surface area contributed by atoms with E-state index in [1.54, 1.807) is 42.3 Å². The monoisotopic (exact) mass is 524 g/mol. The van der Waals surface area contributed by atoms with Crippen molar-refractivity contribution in [3.63, 3.8) is 0 Å². The van der Waals surface area contributed by atoms with E-state index in [0.717, 1.165) is 25.2 Å². The highest BCUT2D eigenvalue weighted by molar-refractivity contribution is 6.46. The third-order valence-electron chi connectivity index (χ3n) is 7.00. The number of amides is 1. The van der Waals surface area contributed by atoms with Crippen molar-refractivity contribution in [3.8, 4) is 17.2 Å². The fourth-order valence-corrected chi connectivity index (χ4v) is 5.07. The fourth-order valence-electron chi connectivity index (χ4n) is 5.07. The number of hydrogen-bond donors (Lipinski definition) is 1. The van der Waals surface area contributed by atoms with E-state index in [0.29, 0.717) is 61.2 Å². The Morgan fingerprint density at radius 2 is 1.76 bits per heavy atom. The number of carbonyl (C=O) groups is 2. The van der Waals surface area contributed by atoms with Gasteiger partial charge in [0.1, 0.15) is 11.5 Å². The summed E-state index contributed by atoms with van der Waals surface area (Å²) in [5.41, 5.74) is 1.92. The molecule has 2 aliphatic heterocycles. The lowest BCUT2D eigenvalue weighted by atomic mass is 9.93. The molecule has 2 aliphatic rings. The van der Waals surface area contributed by atoms with Gasteiger partial charge >= 0.3 is 0 Å². The average molecular weight is 525 g/mol. The molecule has 1 N–H and O–H groups in total. The summed E-state index contributed by atoms with van der Waals surface area (Å²) in [5.74, 6) is 0.129. The van der Waals surface area contributed by atoms with Crippen LogP contribution in [-0.2, 0) is 14.3 Å². The van der Waals surface area contributed by atoms with Gasteiger partial charge in [0.25, 0.3) is 11.7 Å². The number of methoxy groups -OCH3 is 2. The fraction of sp³-hybridized carbons (Fsp3) is 0.448. The minimum absolute atomic E-state index is 0.0563.